The lowest BCUT2D eigenvalue weighted by Crippen LogP contribution is -2.54. The molecule has 0 aliphatic carbocycles. The van der Waals surface area contributed by atoms with E-state index >= 15 is 0 Å². The Bertz CT molecular complexity index is 437. The van der Waals surface area contributed by atoms with E-state index in [2.05, 4.69) is 15.3 Å². The maximum absolute atomic E-state index is 12.0. The largest absolute Gasteiger partial charge is 0.480 e. The summed E-state index contributed by atoms with van der Waals surface area (Å²) in [7, 11) is 0. The molecule has 0 radical (unpaired) electrons. The minimum Gasteiger partial charge on any atom is -0.480 e. The van der Waals surface area contributed by atoms with Crippen molar-refractivity contribution in [2.24, 2.45) is 0 Å². The molecule has 1 saturated heterocycles. The van der Waals surface area contributed by atoms with Gasteiger partial charge in [-0.05, 0) is 0 Å². The highest BCUT2D eigenvalue weighted by Gasteiger charge is 2.32. The molecule has 7 nitrogen and oxygen atoms in total. The van der Waals surface area contributed by atoms with E-state index in [0.29, 0.717) is 25.3 Å². The van der Waals surface area contributed by atoms with Gasteiger partial charge in [0.15, 0.2) is 0 Å². The average Bonchev–Trinajstić information content (AvgIpc) is 2.91. The summed E-state index contributed by atoms with van der Waals surface area (Å²) < 4.78 is 0. The van der Waals surface area contributed by atoms with E-state index in [1.807, 2.05) is 0 Å². The summed E-state index contributed by atoms with van der Waals surface area (Å²) in [6, 6.07) is -1.04. The second kappa shape index (κ2) is 6.46. The molecule has 104 valence electrons. The number of carbonyl (C=O) groups is 2. The summed E-state index contributed by atoms with van der Waals surface area (Å²) in [6.45, 7) is 0.925. The number of hydrogen-bond donors (Lipinski definition) is 3. The molecule has 2 amide bonds. The summed E-state index contributed by atoms with van der Waals surface area (Å²) in [5, 5.41) is 11.8. The molecule has 0 spiro atoms. The highest BCUT2D eigenvalue weighted by Crippen LogP contribution is 2.16. The van der Waals surface area contributed by atoms with Gasteiger partial charge in [-0.15, -0.1) is 0 Å². The third-order valence-electron chi connectivity index (χ3n) is 2.90. The van der Waals surface area contributed by atoms with Gasteiger partial charge in [0.2, 0.25) is 0 Å². The van der Waals surface area contributed by atoms with E-state index in [0.717, 1.165) is 11.4 Å². The summed E-state index contributed by atoms with van der Waals surface area (Å²) >= 11 is 1.56. The molecule has 1 unspecified atom stereocenters. The number of nitrogens with zero attached hydrogens (tertiary/aromatic N) is 2. The number of aliphatic carboxylic acids is 1. The van der Waals surface area contributed by atoms with E-state index < -0.39 is 12.0 Å². The van der Waals surface area contributed by atoms with Gasteiger partial charge in [-0.25, -0.2) is 14.6 Å². The standard InChI is InChI=1S/C11H16N4O3S/c16-10(17)9-6-19-4-3-15(9)11(18)13-2-1-8-5-12-7-14-8/h5,7,9H,1-4,6H2,(H,12,14)(H,13,18)(H,16,17). The molecule has 1 aliphatic rings. The molecule has 1 fully saturated rings. The summed E-state index contributed by atoms with van der Waals surface area (Å²) in [5.74, 6) is 0.275. The lowest BCUT2D eigenvalue weighted by atomic mass is 10.3. The van der Waals surface area contributed by atoms with E-state index in [1.165, 1.54) is 4.90 Å². The van der Waals surface area contributed by atoms with Gasteiger partial charge in [-0.2, -0.15) is 11.8 Å². The van der Waals surface area contributed by atoms with Gasteiger partial charge >= 0.3 is 12.0 Å². The number of urea groups is 1. The van der Waals surface area contributed by atoms with Crippen LogP contribution in [-0.4, -0.2) is 62.6 Å². The third-order valence-corrected chi connectivity index (χ3v) is 3.92. The van der Waals surface area contributed by atoms with Gasteiger partial charge in [-0.1, -0.05) is 0 Å². The molecule has 1 aromatic rings. The zero-order chi connectivity index (χ0) is 13.7. The third kappa shape index (κ3) is 3.63. The van der Waals surface area contributed by atoms with Gasteiger partial charge in [0, 0.05) is 42.9 Å². The van der Waals surface area contributed by atoms with Gasteiger partial charge < -0.3 is 20.3 Å². The zero-order valence-electron chi connectivity index (χ0n) is 10.3. The highest BCUT2D eigenvalue weighted by atomic mass is 32.2. The lowest BCUT2D eigenvalue weighted by Gasteiger charge is -2.32. The Morgan fingerprint density at radius 1 is 1.63 bits per heavy atom. The SMILES string of the molecule is O=C(O)C1CSCCN1C(=O)NCCc1cnc[nH]1. The van der Waals surface area contributed by atoms with E-state index in [9.17, 15) is 9.59 Å². The Hall–Kier alpha value is -1.70. The number of carboxylic acids is 1. The monoisotopic (exact) mass is 284 g/mol. The second-order valence-electron chi connectivity index (χ2n) is 4.18. The number of thioether (sulfide) groups is 1. The highest BCUT2D eigenvalue weighted by molar-refractivity contribution is 7.99. The number of H-pyrrole nitrogens is 1. The topological polar surface area (TPSA) is 98.3 Å². The van der Waals surface area contributed by atoms with E-state index in [4.69, 9.17) is 5.11 Å². The van der Waals surface area contributed by atoms with E-state index in [1.54, 1.807) is 24.3 Å². The lowest BCUT2D eigenvalue weighted by molar-refractivity contribution is -0.141. The maximum atomic E-state index is 12.0. The van der Waals surface area contributed by atoms with Crippen LogP contribution in [-0.2, 0) is 11.2 Å². The molecule has 19 heavy (non-hydrogen) atoms. The van der Waals surface area contributed by atoms with Crippen LogP contribution in [0.3, 0.4) is 0 Å². The number of carboxylic acid groups (broad SMARTS) is 1. The fraction of sp³-hybridized carbons (Fsp3) is 0.545. The van der Waals surface area contributed by atoms with Crippen molar-refractivity contribution in [3.8, 4) is 0 Å². The average molecular weight is 284 g/mol. The van der Waals surface area contributed by atoms with Crippen LogP contribution in [0.1, 0.15) is 5.69 Å². The number of amides is 2. The van der Waals surface area contributed by atoms with Crippen LogP contribution < -0.4 is 5.32 Å². The smallest absolute Gasteiger partial charge is 0.327 e. The maximum Gasteiger partial charge on any atom is 0.327 e. The number of aromatic nitrogens is 2. The van der Waals surface area contributed by atoms with Crippen LogP contribution in [0, 0.1) is 0 Å². The summed E-state index contributed by atoms with van der Waals surface area (Å²) in [4.78, 5) is 31.3. The van der Waals surface area contributed by atoms with Crippen LogP contribution in [0.2, 0.25) is 0 Å². The summed E-state index contributed by atoms with van der Waals surface area (Å²) in [5.41, 5.74) is 0.935. The number of carbonyl (C=O) groups excluding carboxylic acids is 1. The fourth-order valence-electron chi connectivity index (χ4n) is 1.88. The van der Waals surface area contributed by atoms with Crippen LogP contribution in [0.15, 0.2) is 12.5 Å². The summed E-state index contributed by atoms with van der Waals surface area (Å²) in [6.07, 6.45) is 3.93. The van der Waals surface area contributed by atoms with Gasteiger partial charge in [-0.3, -0.25) is 0 Å². The van der Waals surface area contributed by atoms with Gasteiger partial charge in [0.1, 0.15) is 6.04 Å². The number of rotatable bonds is 4. The van der Waals surface area contributed by atoms with Crippen molar-refractivity contribution in [2.45, 2.75) is 12.5 Å². The van der Waals surface area contributed by atoms with Crippen LogP contribution in [0.25, 0.3) is 0 Å². The number of hydrogen-bond acceptors (Lipinski definition) is 4. The molecule has 3 N–H and O–H groups in total. The Morgan fingerprint density at radius 3 is 3.16 bits per heavy atom. The molecule has 2 heterocycles. The van der Waals surface area contributed by atoms with Crippen molar-refractivity contribution in [1.29, 1.82) is 0 Å². The van der Waals surface area contributed by atoms with E-state index in [-0.39, 0.29) is 6.03 Å². The molecular formula is C11H16N4O3S. The van der Waals surface area contributed by atoms with Crippen LogP contribution in [0.5, 0.6) is 0 Å². The Kier molecular flexibility index (Phi) is 4.67. The second-order valence-corrected chi connectivity index (χ2v) is 5.33. The first-order chi connectivity index (χ1) is 9.18. The predicted molar refractivity (Wildman–Crippen MR) is 71.1 cm³/mol. The fourth-order valence-corrected chi connectivity index (χ4v) is 2.92. The van der Waals surface area contributed by atoms with Gasteiger partial charge in [0.25, 0.3) is 0 Å². The minimum absolute atomic E-state index is 0.313. The molecule has 1 aromatic heterocycles. The molecule has 1 atom stereocenters. The first-order valence-electron chi connectivity index (χ1n) is 6.01. The van der Waals surface area contributed by atoms with Crippen LogP contribution >= 0.6 is 11.8 Å². The number of aromatic amines is 1. The van der Waals surface area contributed by atoms with Crippen molar-refractivity contribution in [3.63, 3.8) is 0 Å². The first-order valence-corrected chi connectivity index (χ1v) is 7.16. The van der Waals surface area contributed by atoms with Crippen molar-refractivity contribution in [3.05, 3.63) is 18.2 Å². The molecular weight excluding hydrogens is 268 g/mol. The predicted octanol–water partition coefficient (Wildman–Crippen LogP) is 0.164. The molecule has 1 aliphatic heterocycles. The Labute approximate surface area is 114 Å². The Balaban J connectivity index is 1.82. The number of nitrogens with one attached hydrogen (secondary N) is 2. The Morgan fingerprint density at radius 2 is 2.47 bits per heavy atom. The molecule has 2 rings (SSSR count). The van der Waals surface area contributed by atoms with Crippen molar-refractivity contribution in [2.75, 3.05) is 24.6 Å². The van der Waals surface area contributed by atoms with Crippen molar-refractivity contribution >= 4 is 23.8 Å². The van der Waals surface area contributed by atoms with Gasteiger partial charge in [0.05, 0.1) is 6.33 Å². The normalized spacial score (nSPS) is 19.2. The quantitative estimate of drug-likeness (QED) is 0.732. The molecule has 0 bridgehead atoms. The molecule has 0 saturated carbocycles. The van der Waals surface area contributed by atoms with Crippen molar-refractivity contribution < 1.29 is 14.7 Å². The molecule has 8 heteroatoms. The number of imidazole rings is 1. The van der Waals surface area contributed by atoms with Crippen molar-refractivity contribution in [1.82, 2.24) is 20.2 Å². The minimum atomic E-state index is -0.948. The van der Waals surface area contributed by atoms with Crippen LogP contribution in [0.4, 0.5) is 4.79 Å². The molecule has 0 aromatic carbocycles. The zero-order valence-corrected chi connectivity index (χ0v) is 11.2. The first kappa shape index (κ1) is 13.7.